The molecule has 1 aromatic heterocycles. The van der Waals surface area contributed by atoms with Gasteiger partial charge in [0, 0.05) is 17.1 Å². The van der Waals surface area contributed by atoms with Gasteiger partial charge in [0.15, 0.2) is 0 Å². The van der Waals surface area contributed by atoms with Crippen molar-refractivity contribution in [3.8, 4) is 0 Å². The van der Waals surface area contributed by atoms with Gasteiger partial charge in [-0.25, -0.2) is 4.68 Å². The highest BCUT2D eigenvalue weighted by Crippen LogP contribution is 2.36. The molecule has 4 rings (SSSR count). The second-order valence-corrected chi connectivity index (χ2v) is 8.73. The first kappa shape index (κ1) is 19.1. The van der Waals surface area contributed by atoms with E-state index >= 15 is 0 Å². The van der Waals surface area contributed by atoms with Crippen LogP contribution in [0.2, 0.25) is 0 Å². The van der Waals surface area contributed by atoms with E-state index in [1.807, 2.05) is 24.5 Å². The van der Waals surface area contributed by atoms with E-state index in [1.54, 1.807) is 28.9 Å². The van der Waals surface area contributed by atoms with E-state index in [9.17, 15) is 14.4 Å². The Morgan fingerprint density at radius 3 is 2.93 bits per heavy atom. The summed E-state index contributed by atoms with van der Waals surface area (Å²) in [6.07, 6.45) is 5.71. The minimum Gasteiger partial charge on any atom is -0.324 e. The number of fused-ring (bicyclic) bond motifs is 1. The molecule has 2 amide bonds. The van der Waals surface area contributed by atoms with Crippen LogP contribution in [0.4, 0.5) is 11.4 Å². The van der Waals surface area contributed by atoms with Gasteiger partial charge in [-0.15, -0.1) is 23.5 Å². The molecule has 0 radical (unpaired) electrons. The summed E-state index contributed by atoms with van der Waals surface area (Å²) < 4.78 is 1.13. The van der Waals surface area contributed by atoms with E-state index in [-0.39, 0.29) is 18.4 Å². The van der Waals surface area contributed by atoms with E-state index in [4.69, 9.17) is 0 Å². The molecule has 146 valence electrons. The summed E-state index contributed by atoms with van der Waals surface area (Å²) in [6, 6.07) is 7.49. The molecule has 1 aliphatic carbocycles. The van der Waals surface area contributed by atoms with Crippen LogP contribution in [0.3, 0.4) is 0 Å². The number of carbonyl (C=O) groups excluding carboxylic acids is 2. The number of hydrogen-bond acceptors (Lipinski definition) is 6. The molecule has 1 saturated carbocycles. The second kappa shape index (κ2) is 8.00. The number of anilines is 2. The summed E-state index contributed by atoms with van der Waals surface area (Å²) in [4.78, 5) is 41.1. The molecule has 0 atom stereocenters. The SMILES string of the molecule is CSc1cccc(NC(=O)Cn2ncc3c(c2=O)N(CC2CC2)C(=O)CS3)c1. The Bertz CT molecular complexity index is 987. The number of carbonyl (C=O) groups is 2. The smallest absolute Gasteiger partial charge is 0.292 e. The molecule has 0 unspecified atom stereocenters. The zero-order valence-corrected chi connectivity index (χ0v) is 17.0. The fraction of sp³-hybridized carbons (Fsp3) is 0.368. The fourth-order valence-corrected chi connectivity index (χ4v) is 4.41. The van der Waals surface area contributed by atoms with Gasteiger partial charge in [-0.3, -0.25) is 14.4 Å². The van der Waals surface area contributed by atoms with E-state index in [0.29, 0.717) is 34.5 Å². The molecule has 0 spiro atoms. The Hall–Kier alpha value is -2.26. The zero-order valence-electron chi connectivity index (χ0n) is 15.4. The number of amides is 2. The van der Waals surface area contributed by atoms with E-state index < -0.39 is 5.56 Å². The Kier molecular flexibility index (Phi) is 5.45. The van der Waals surface area contributed by atoms with Gasteiger partial charge in [0.1, 0.15) is 12.2 Å². The van der Waals surface area contributed by atoms with Crippen molar-refractivity contribution in [3.63, 3.8) is 0 Å². The molecule has 0 bridgehead atoms. The van der Waals surface area contributed by atoms with Crippen molar-refractivity contribution in [2.24, 2.45) is 5.92 Å². The summed E-state index contributed by atoms with van der Waals surface area (Å²) in [6.45, 7) is 0.366. The standard InChI is InChI=1S/C19H20N4O3S2/c1-27-14-4-2-3-13(7-14)21-16(24)10-23-19(26)18-15(8-20-23)28-11-17(25)22(18)9-12-5-6-12/h2-4,7-8,12H,5-6,9-11H2,1H3,(H,21,24). The molecule has 7 nitrogen and oxygen atoms in total. The van der Waals surface area contributed by atoms with Crippen LogP contribution in [0.5, 0.6) is 0 Å². The maximum atomic E-state index is 13.0. The Morgan fingerprint density at radius 2 is 2.18 bits per heavy atom. The Morgan fingerprint density at radius 1 is 1.36 bits per heavy atom. The summed E-state index contributed by atoms with van der Waals surface area (Å²) in [5.41, 5.74) is 0.635. The number of thioether (sulfide) groups is 2. The number of rotatable bonds is 6. The normalized spacial score (nSPS) is 16.0. The molecular weight excluding hydrogens is 396 g/mol. The highest BCUT2D eigenvalue weighted by Gasteiger charge is 2.34. The Labute approximate surface area is 170 Å². The quantitative estimate of drug-likeness (QED) is 0.729. The van der Waals surface area contributed by atoms with Crippen LogP contribution in [-0.4, -0.2) is 40.1 Å². The molecular formula is C19H20N4O3S2. The highest BCUT2D eigenvalue weighted by molar-refractivity contribution is 8.00. The fourth-order valence-electron chi connectivity index (χ4n) is 3.06. The van der Waals surface area contributed by atoms with Crippen molar-refractivity contribution in [1.82, 2.24) is 9.78 Å². The van der Waals surface area contributed by atoms with Crippen LogP contribution in [0, 0.1) is 5.92 Å². The van der Waals surface area contributed by atoms with Crippen molar-refractivity contribution < 1.29 is 9.59 Å². The predicted octanol–water partition coefficient (Wildman–Crippen LogP) is 2.45. The first-order valence-corrected chi connectivity index (χ1v) is 11.2. The zero-order chi connectivity index (χ0) is 19.7. The summed E-state index contributed by atoms with van der Waals surface area (Å²) in [7, 11) is 0. The van der Waals surface area contributed by atoms with Gasteiger partial charge in [0.2, 0.25) is 11.8 Å². The van der Waals surface area contributed by atoms with Crippen molar-refractivity contribution in [2.45, 2.75) is 29.2 Å². The lowest BCUT2D eigenvalue weighted by Crippen LogP contribution is -2.43. The van der Waals surface area contributed by atoms with Crippen molar-refractivity contribution in [2.75, 3.05) is 28.8 Å². The third kappa shape index (κ3) is 4.10. The van der Waals surface area contributed by atoms with Crippen LogP contribution in [0.15, 0.2) is 45.0 Å². The molecule has 9 heteroatoms. The monoisotopic (exact) mass is 416 g/mol. The van der Waals surface area contributed by atoms with Crippen LogP contribution in [0.1, 0.15) is 12.8 Å². The van der Waals surface area contributed by atoms with Gasteiger partial charge in [-0.05, 0) is 43.2 Å². The number of nitrogens with one attached hydrogen (secondary N) is 1. The largest absolute Gasteiger partial charge is 0.324 e. The lowest BCUT2D eigenvalue weighted by molar-refractivity contribution is -0.117. The van der Waals surface area contributed by atoms with Gasteiger partial charge in [0.25, 0.3) is 5.56 Å². The lowest BCUT2D eigenvalue weighted by Gasteiger charge is -2.28. The lowest BCUT2D eigenvalue weighted by atomic mass is 10.3. The van der Waals surface area contributed by atoms with Gasteiger partial charge >= 0.3 is 0 Å². The van der Waals surface area contributed by atoms with Gasteiger partial charge in [-0.1, -0.05) is 6.07 Å². The summed E-state index contributed by atoms with van der Waals surface area (Å²) in [5, 5.41) is 6.94. The number of nitrogens with zero attached hydrogens (tertiary/aromatic N) is 3. The first-order valence-electron chi connectivity index (χ1n) is 9.02. The van der Waals surface area contributed by atoms with Crippen molar-refractivity contribution in [1.29, 1.82) is 0 Å². The molecule has 1 N–H and O–H groups in total. The molecule has 2 aromatic rings. The minimum absolute atomic E-state index is 0.0578. The Balaban J connectivity index is 1.55. The van der Waals surface area contributed by atoms with E-state index in [0.717, 1.165) is 22.4 Å². The van der Waals surface area contributed by atoms with Crippen LogP contribution >= 0.6 is 23.5 Å². The molecule has 2 heterocycles. The van der Waals surface area contributed by atoms with Crippen LogP contribution in [-0.2, 0) is 16.1 Å². The average Bonchev–Trinajstić information content (AvgIpc) is 3.50. The van der Waals surface area contributed by atoms with Crippen molar-refractivity contribution in [3.05, 3.63) is 40.8 Å². The molecule has 1 aromatic carbocycles. The predicted molar refractivity (Wildman–Crippen MR) is 111 cm³/mol. The first-order chi connectivity index (χ1) is 13.5. The summed E-state index contributed by atoms with van der Waals surface area (Å²) >= 11 is 2.91. The molecule has 1 aliphatic heterocycles. The number of benzene rings is 1. The molecule has 28 heavy (non-hydrogen) atoms. The number of aromatic nitrogens is 2. The average molecular weight is 417 g/mol. The minimum atomic E-state index is -0.397. The maximum Gasteiger partial charge on any atom is 0.292 e. The topological polar surface area (TPSA) is 84.3 Å². The highest BCUT2D eigenvalue weighted by atomic mass is 32.2. The molecule has 2 aliphatic rings. The van der Waals surface area contributed by atoms with Crippen molar-refractivity contribution >= 4 is 46.7 Å². The second-order valence-electron chi connectivity index (χ2n) is 6.84. The van der Waals surface area contributed by atoms with E-state index in [1.165, 1.54) is 11.8 Å². The van der Waals surface area contributed by atoms with Gasteiger partial charge in [0.05, 0.1) is 16.8 Å². The molecule has 0 saturated heterocycles. The van der Waals surface area contributed by atoms with Gasteiger partial charge < -0.3 is 10.2 Å². The third-order valence-corrected chi connectivity index (χ3v) is 6.42. The maximum absolute atomic E-state index is 13.0. The molecule has 1 fully saturated rings. The van der Waals surface area contributed by atoms with Crippen LogP contribution < -0.4 is 15.8 Å². The van der Waals surface area contributed by atoms with E-state index in [2.05, 4.69) is 10.4 Å². The van der Waals surface area contributed by atoms with Gasteiger partial charge in [-0.2, -0.15) is 5.10 Å². The van der Waals surface area contributed by atoms with Crippen LogP contribution in [0.25, 0.3) is 0 Å². The third-order valence-electron chi connectivity index (χ3n) is 4.69. The summed E-state index contributed by atoms with van der Waals surface area (Å²) in [5.74, 6) is 0.388. The number of hydrogen-bond donors (Lipinski definition) is 1.